The first-order valence-corrected chi connectivity index (χ1v) is 7.30. The van der Waals surface area contributed by atoms with Crippen LogP contribution in [0, 0.1) is 5.92 Å². The molecule has 0 bridgehead atoms. The van der Waals surface area contributed by atoms with E-state index >= 15 is 0 Å². The molecule has 22 heavy (non-hydrogen) atoms. The normalized spacial score (nSPS) is 23.3. The Morgan fingerprint density at radius 2 is 1.95 bits per heavy atom. The SMILES string of the molecule is Cl.Cl.O=C(CNC1CC1)N[C@@H]1COC[C@H]1Cc1ccncc1. The number of hydrogen-bond acceptors (Lipinski definition) is 4. The fourth-order valence-electron chi connectivity index (χ4n) is 2.56. The number of hydrogen-bond donors (Lipinski definition) is 2. The number of carbonyl (C=O) groups excluding carboxylic acids is 1. The molecule has 2 fully saturated rings. The van der Waals surface area contributed by atoms with Crippen molar-refractivity contribution in [3.05, 3.63) is 30.1 Å². The first-order valence-electron chi connectivity index (χ1n) is 7.30. The summed E-state index contributed by atoms with van der Waals surface area (Å²) in [7, 11) is 0. The van der Waals surface area contributed by atoms with E-state index in [4.69, 9.17) is 4.74 Å². The molecule has 7 heteroatoms. The van der Waals surface area contributed by atoms with E-state index in [-0.39, 0.29) is 36.8 Å². The van der Waals surface area contributed by atoms with E-state index in [1.54, 1.807) is 12.4 Å². The Morgan fingerprint density at radius 3 is 2.64 bits per heavy atom. The van der Waals surface area contributed by atoms with Gasteiger partial charge in [0.25, 0.3) is 0 Å². The molecule has 0 spiro atoms. The van der Waals surface area contributed by atoms with Crippen LogP contribution in [-0.2, 0) is 16.0 Å². The summed E-state index contributed by atoms with van der Waals surface area (Å²) < 4.78 is 5.53. The highest BCUT2D eigenvalue weighted by Crippen LogP contribution is 2.19. The molecule has 1 amide bonds. The van der Waals surface area contributed by atoms with Crippen LogP contribution in [0.15, 0.2) is 24.5 Å². The number of nitrogens with zero attached hydrogens (tertiary/aromatic N) is 1. The van der Waals surface area contributed by atoms with Crippen molar-refractivity contribution in [1.29, 1.82) is 0 Å². The van der Waals surface area contributed by atoms with Gasteiger partial charge in [-0.25, -0.2) is 0 Å². The molecule has 2 heterocycles. The highest BCUT2D eigenvalue weighted by Gasteiger charge is 2.30. The van der Waals surface area contributed by atoms with Gasteiger partial charge < -0.3 is 15.4 Å². The van der Waals surface area contributed by atoms with Crippen LogP contribution in [0.5, 0.6) is 0 Å². The summed E-state index contributed by atoms with van der Waals surface area (Å²) in [6, 6.07) is 4.72. The van der Waals surface area contributed by atoms with E-state index in [9.17, 15) is 4.79 Å². The monoisotopic (exact) mass is 347 g/mol. The topological polar surface area (TPSA) is 63.2 Å². The van der Waals surface area contributed by atoms with Gasteiger partial charge in [-0.1, -0.05) is 0 Å². The van der Waals surface area contributed by atoms with Crippen molar-refractivity contribution in [2.45, 2.75) is 31.3 Å². The van der Waals surface area contributed by atoms with Gasteiger partial charge in [-0.05, 0) is 37.0 Å². The summed E-state index contributed by atoms with van der Waals surface area (Å²) in [5.74, 6) is 0.425. The minimum atomic E-state index is 0. The van der Waals surface area contributed by atoms with Crippen molar-refractivity contribution >= 4 is 30.7 Å². The van der Waals surface area contributed by atoms with Crippen LogP contribution in [0.2, 0.25) is 0 Å². The Hall–Kier alpha value is -0.880. The quantitative estimate of drug-likeness (QED) is 0.815. The zero-order chi connectivity index (χ0) is 13.8. The van der Waals surface area contributed by atoms with Gasteiger partial charge in [0.05, 0.1) is 25.8 Å². The second kappa shape index (κ2) is 9.30. The molecule has 1 aromatic heterocycles. The summed E-state index contributed by atoms with van der Waals surface area (Å²) in [5.41, 5.74) is 1.24. The summed E-state index contributed by atoms with van der Waals surface area (Å²) in [6.45, 7) is 1.75. The van der Waals surface area contributed by atoms with Crippen molar-refractivity contribution in [3.63, 3.8) is 0 Å². The highest BCUT2D eigenvalue weighted by atomic mass is 35.5. The Morgan fingerprint density at radius 1 is 1.23 bits per heavy atom. The number of nitrogens with one attached hydrogen (secondary N) is 2. The van der Waals surface area contributed by atoms with E-state index in [1.807, 2.05) is 12.1 Å². The molecule has 1 aliphatic heterocycles. The summed E-state index contributed by atoms with van der Waals surface area (Å²) in [6.07, 6.45) is 6.93. The number of ether oxygens (including phenoxy) is 1. The zero-order valence-corrected chi connectivity index (χ0v) is 14.0. The molecule has 124 valence electrons. The Bertz CT molecular complexity index is 457. The molecule has 2 aliphatic rings. The van der Waals surface area contributed by atoms with Gasteiger partial charge in [-0.2, -0.15) is 0 Å². The third-order valence-electron chi connectivity index (χ3n) is 3.92. The largest absolute Gasteiger partial charge is 0.379 e. The second-order valence-electron chi connectivity index (χ2n) is 5.69. The van der Waals surface area contributed by atoms with E-state index in [2.05, 4.69) is 15.6 Å². The van der Waals surface area contributed by atoms with Gasteiger partial charge in [0.15, 0.2) is 0 Å². The van der Waals surface area contributed by atoms with Crippen LogP contribution >= 0.6 is 24.8 Å². The molecule has 5 nitrogen and oxygen atoms in total. The van der Waals surface area contributed by atoms with Gasteiger partial charge in [0.2, 0.25) is 5.91 Å². The van der Waals surface area contributed by atoms with E-state index in [0.29, 0.717) is 31.7 Å². The minimum absolute atomic E-state index is 0. The van der Waals surface area contributed by atoms with Gasteiger partial charge in [-0.3, -0.25) is 9.78 Å². The third-order valence-corrected chi connectivity index (χ3v) is 3.92. The lowest BCUT2D eigenvalue weighted by Gasteiger charge is -2.19. The first-order chi connectivity index (χ1) is 9.81. The van der Waals surface area contributed by atoms with Crippen molar-refractivity contribution in [3.8, 4) is 0 Å². The molecular formula is C15H23Cl2N3O2. The van der Waals surface area contributed by atoms with E-state index < -0.39 is 0 Å². The van der Waals surface area contributed by atoms with Crippen LogP contribution in [0.4, 0.5) is 0 Å². The molecule has 1 aliphatic carbocycles. The molecule has 1 saturated carbocycles. The van der Waals surface area contributed by atoms with Crippen molar-refractivity contribution in [2.75, 3.05) is 19.8 Å². The number of aromatic nitrogens is 1. The molecule has 2 N–H and O–H groups in total. The maximum absolute atomic E-state index is 11.9. The van der Waals surface area contributed by atoms with Crippen LogP contribution in [0.25, 0.3) is 0 Å². The summed E-state index contributed by atoms with van der Waals surface area (Å²) in [4.78, 5) is 15.9. The Kier molecular flexibility index (Phi) is 8.10. The molecule has 2 atom stereocenters. The maximum atomic E-state index is 11.9. The first kappa shape index (κ1) is 19.2. The maximum Gasteiger partial charge on any atom is 0.234 e. The molecule has 1 saturated heterocycles. The third kappa shape index (κ3) is 5.72. The van der Waals surface area contributed by atoms with Crippen LogP contribution in [-0.4, -0.2) is 42.7 Å². The average molecular weight is 348 g/mol. The smallest absolute Gasteiger partial charge is 0.234 e. The second-order valence-corrected chi connectivity index (χ2v) is 5.69. The number of carbonyl (C=O) groups is 1. The zero-order valence-electron chi connectivity index (χ0n) is 12.4. The fourth-order valence-corrected chi connectivity index (χ4v) is 2.56. The van der Waals surface area contributed by atoms with Gasteiger partial charge in [-0.15, -0.1) is 24.8 Å². The predicted octanol–water partition coefficient (Wildman–Crippen LogP) is 1.35. The van der Waals surface area contributed by atoms with Crippen molar-refractivity contribution in [2.24, 2.45) is 5.92 Å². The van der Waals surface area contributed by atoms with Gasteiger partial charge >= 0.3 is 0 Å². The lowest BCUT2D eigenvalue weighted by atomic mass is 9.95. The molecule has 0 aromatic carbocycles. The standard InChI is InChI=1S/C15H21N3O2.2ClH/c19-15(8-17-13-1-2-13)18-14-10-20-9-12(14)7-11-3-5-16-6-4-11;;/h3-6,12-14,17H,1-2,7-10H2,(H,18,19);2*1H/t12-,14-;;/m1../s1. The van der Waals surface area contributed by atoms with Gasteiger partial charge in [0, 0.05) is 24.4 Å². The molecule has 0 radical (unpaired) electrons. The molecule has 0 unspecified atom stereocenters. The van der Waals surface area contributed by atoms with Gasteiger partial charge in [0.1, 0.15) is 0 Å². The van der Waals surface area contributed by atoms with Crippen molar-refractivity contribution < 1.29 is 9.53 Å². The Labute approximate surface area is 143 Å². The fraction of sp³-hybridized carbons (Fsp3) is 0.600. The number of pyridine rings is 1. The lowest BCUT2D eigenvalue weighted by Crippen LogP contribution is -2.44. The average Bonchev–Trinajstić information content (AvgIpc) is 3.20. The van der Waals surface area contributed by atoms with E-state index in [0.717, 1.165) is 6.42 Å². The van der Waals surface area contributed by atoms with Crippen LogP contribution < -0.4 is 10.6 Å². The van der Waals surface area contributed by atoms with E-state index in [1.165, 1.54) is 18.4 Å². The number of halogens is 2. The summed E-state index contributed by atoms with van der Waals surface area (Å²) in [5, 5.41) is 6.32. The summed E-state index contributed by atoms with van der Waals surface area (Å²) >= 11 is 0. The minimum Gasteiger partial charge on any atom is -0.379 e. The lowest BCUT2D eigenvalue weighted by molar-refractivity contribution is -0.121. The number of rotatable bonds is 6. The molecular weight excluding hydrogens is 325 g/mol. The molecule has 3 rings (SSSR count). The van der Waals surface area contributed by atoms with Crippen LogP contribution in [0.3, 0.4) is 0 Å². The Balaban J connectivity index is 0.00000121. The number of amides is 1. The predicted molar refractivity (Wildman–Crippen MR) is 89.7 cm³/mol. The molecule has 1 aromatic rings. The van der Waals surface area contributed by atoms with Crippen LogP contribution in [0.1, 0.15) is 18.4 Å². The van der Waals surface area contributed by atoms with Crippen molar-refractivity contribution in [1.82, 2.24) is 15.6 Å². The highest BCUT2D eigenvalue weighted by molar-refractivity contribution is 5.85.